The molecule has 0 saturated carbocycles. The van der Waals surface area contributed by atoms with E-state index in [9.17, 15) is 14.7 Å². The monoisotopic (exact) mass is 423 g/mol. The molecule has 2 heterocycles. The summed E-state index contributed by atoms with van der Waals surface area (Å²) in [6.45, 7) is 4.44. The van der Waals surface area contributed by atoms with Crippen molar-refractivity contribution in [3.05, 3.63) is 85.1 Å². The molecule has 6 heteroatoms. The van der Waals surface area contributed by atoms with Crippen molar-refractivity contribution in [1.82, 2.24) is 15.2 Å². The third-order valence-corrected chi connectivity index (χ3v) is 5.84. The minimum absolute atomic E-state index is 0.0694. The molecule has 158 valence electrons. The number of rotatable bonds is 4. The van der Waals surface area contributed by atoms with E-state index >= 15 is 0 Å². The van der Waals surface area contributed by atoms with Crippen molar-refractivity contribution in [2.45, 2.75) is 6.04 Å². The van der Waals surface area contributed by atoms with Crippen LogP contribution in [-0.2, 0) is 4.79 Å². The highest BCUT2D eigenvalue weighted by atomic mass is 16.3. The number of phenolic OH excluding ortho intramolecular Hbond substituents is 1. The summed E-state index contributed by atoms with van der Waals surface area (Å²) < 4.78 is 0. The number of phenols is 1. The molecule has 4 aromatic rings. The predicted molar refractivity (Wildman–Crippen MR) is 124 cm³/mol. The summed E-state index contributed by atoms with van der Waals surface area (Å²) in [7, 11) is 0. The number of aromatic hydroxyl groups is 1. The Morgan fingerprint density at radius 3 is 2.66 bits per heavy atom. The van der Waals surface area contributed by atoms with Gasteiger partial charge in [0, 0.05) is 30.2 Å². The minimum Gasteiger partial charge on any atom is -0.508 e. The topological polar surface area (TPSA) is 82.5 Å². The van der Waals surface area contributed by atoms with Crippen molar-refractivity contribution in [3.8, 4) is 16.9 Å². The Morgan fingerprint density at radius 2 is 1.84 bits per heavy atom. The fourth-order valence-corrected chi connectivity index (χ4v) is 4.19. The van der Waals surface area contributed by atoms with Crippen LogP contribution in [-0.4, -0.2) is 45.9 Å². The SMILES string of the molecule is C=CC(=O)N1CC(NC(=O)c2ccc3c(-c4cc(O)cc5ccccc45)ccnc3c2)C1. The fraction of sp³-hybridized carbons (Fsp3) is 0.115. The first kappa shape index (κ1) is 19.8. The summed E-state index contributed by atoms with van der Waals surface area (Å²) in [5.41, 5.74) is 3.05. The van der Waals surface area contributed by atoms with Crippen LogP contribution in [0.4, 0.5) is 0 Å². The number of hydrogen-bond donors (Lipinski definition) is 2. The average Bonchev–Trinajstić information content (AvgIpc) is 2.79. The van der Waals surface area contributed by atoms with Gasteiger partial charge in [-0.25, -0.2) is 0 Å². The summed E-state index contributed by atoms with van der Waals surface area (Å²) in [4.78, 5) is 30.4. The lowest BCUT2D eigenvalue weighted by molar-refractivity contribution is -0.130. The molecule has 3 aromatic carbocycles. The van der Waals surface area contributed by atoms with Crippen molar-refractivity contribution < 1.29 is 14.7 Å². The van der Waals surface area contributed by atoms with Crippen molar-refractivity contribution in [1.29, 1.82) is 0 Å². The molecule has 0 atom stereocenters. The van der Waals surface area contributed by atoms with Gasteiger partial charge in [0.25, 0.3) is 5.91 Å². The molecule has 2 N–H and O–H groups in total. The summed E-state index contributed by atoms with van der Waals surface area (Å²) >= 11 is 0. The van der Waals surface area contributed by atoms with Crippen molar-refractivity contribution in [3.63, 3.8) is 0 Å². The van der Waals surface area contributed by atoms with Crippen LogP contribution in [0.5, 0.6) is 5.75 Å². The quantitative estimate of drug-likeness (QED) is 0.488. The summed E-state index contributed by atoms with van der Waals surface area (Å²) in [6, 6.07) is 18.7. The molecule has 0 spiro atoms. The lowest BCUT2D eigenvalue weighted by Crippen LogP contribution is -2.60. The number of likely N-dealkylation sites (tertiary alicyclic amines) is 1. The number of fused-ring (bicyclic) bond motifs is 2. The Hall–Kier alpha value is -4.19. The number of amides is 2. The third-order valence-electron chi connectivity index (χ3n) is 5.84. The molecule has 32 heavy (non-hydrogen) atoms. The van der Waals surface area contributed by atoms with E-state index in [1.54, 1.807) is 35.4 Å². The van der Waals surface area contributed by atoms with Crippen LogP contribution in [0, 0.1) is 0 Å². The van der Waals surface area contributed by atoms with Crippen LogP contribution in [0.15, 0.2) is 79.5 Å². The lowest BCUT2D eigenvalue weighted by atomic mass is 9.95. The average molecular weight is 423 g/mol. The predicted octanol–water partition coefficient (Wildman–Crippen LogP) is 3.89. The van der Waals surface area contributed by atoms with Crippen LogP contribution in [0.1, 0.15) is 10.4 Å². The van der Waals surface area contributed by atoms with Gasteiger partial charge in [-0.2, -0.15) is 0 Å². The van der Waals surface area contributed by atoms with E-state index in [-0.39, 0.29) is 23.6 Å². The molecule has 6 nitrogen and oxygen atoms in total. The molecule has 1 aliphatic heterocycles. The zero-order valence-electron chi connectivity index (χ0n) is 17.3. The second-order valence-corrected chi connectivity index (χ2v) is 7.92. The molecule has 0 unspecified atom stereocenters. The third kappa shape index (κ3) is 3.46. The van der Waals surface area contributed by atoms with E-state index < -0.39 is 0 Å². The normalized spacial score (nSPS) is 13.7. The van der Waals surface area contributed by atoms with Crippen LogP contribution < -0.4 is 5.32 Å². The number of pyridine rings is 1. The Balaban J connectivity index is 1.46. The van der Waals surface area contributed by atoms with Gasteiger partial charge < -0.3 is 15.3 Å². The zero-order chi connectivity index (χ0) is 22.2. The smallest absolute Gasteiger partial charge is 0.251 e. The first-order chi connectivity index (χ1) is 15.5. The van der Waals surface area contributed by atoms with Gasteiger partial charge in [0.1, 0.15) is 5.75 Å². The number of carbonyl (C=O) groups is 2. The molecule has 1 fully saturated rings. The molecule has 0 bridgehead atoms. The maximum atomic E-state index is 12.7. The molecule has 5 rings (SSSR count). The number of hydrogen-bond acceptors (Lipinski definition) is 4. The Morgan fingerprint density at radius 1 is 1.03 bits per heavy atom. The van der Waals surface area contributed by atoms with Crippen molar-refractivity contribution >= 4 is 33.5 Å². The van der Waals surface area contributed by atoms with E-state index in [0.717, 1.165) is 27.3 Å². The number of nitrogens with one attached hydrogen (secondary N) is 1. The summed E-state index contributed by atoms with van der Waals surface area (Å²) in [5.74, 6) is -0.126. The van der Waals surface area contributed by atoms with E-state index in [0.29, 0.717) is 24.2 Å². The highest BCUT2D eigenvalue weighted by Gasteiger charge is 2.30. The largest absolute Gasteiger partial charge is 0.508 e. The first-order valence-corrected chi connectivity index (χ1v) is 10.4. The van der Waals surface area contributed by atoms with Gasteiger partial charge in [0.15, 0.2) is 0 Å². The van der Waals surface area contributed by atoms with Gasteiger partial charge in [0.05, 0.1) is 11.6 Å². The highest BCUT2D eigenvalue weighted by molar-refractivity contribution is 6.07. The van der Waals surface area contributed by atoms with Gasteiger partial charge in [0.2, 0.25) is 5.91 Å². The van der Waals surface area contributed by atoms with Crippen LogP contribution in [0.3, 0.4) is 0 Å². The second-order valence-electron chi connectivity index (χ2n) is 7.92. The first-order valence-electron chi connectivity index (χ1n) is 10.4. The number of aromatic nitrogens is 1. The van der Waals surface area contributed by atoms with E-state index in [1.807, 2.05) is 36.4 Å². The Labute approximate surface area is 184 Å². The maximum Gasteiger partial charge on any atom is 0.251 e. The summed E-state index contributed by atoms with van der Waals surface area (Å²) in [5, 5.41) is 16.1. The fourth-order valence-electron chi connectivity index (χ4n) is 4.19. The van der Waals surface area contributed by atoms with Crippen molar-refractivity contribution in [2.75, 3.05) is 13.1 Å². The van der Waals surface area contributed by atoms with Gasteiger partial charge in [-0.1, -0.05) is 36.9 Å². The number of nitrogens with zero attached hydrogens (tertiary/aromatic N) is 2. The van der Waals surface area contributed by atoms with Gasteiger partial charge in [-0.15, -0.1) is 0 Å². The van der Waals surface area contributed by atoms with Gasteiger partial charge in [-0.05, 0) is 58.3 Å². The molecule has 1 saturated heterocycles. The lowest BCUT2D eigenvalue weighted by Gasteiger charge is -2.38. The van der Waals surface area contributed by atoms with Crippen LogP contribution in [0.25, 0.3) is 32.8 Å². The Kier molecular flexibility index (Phi) is 4.82. The van der Waals surface area contributed by atoms with Gasteiger partial charge in [-0.3, -0.25) is 14.6 Å². The second kappa shape index (κ2) is 7.81. The molecule has 0 aliphatic carbocycles. The highest BCUT2D eigenvalue weighted by Crippen LogP contribution is 2.36. The van der Waals surface area contributed by atoms with Crippen LogP contribution >= 0.6 is 0 Å². The minimum atomic E-state index is -0.197. The molecular weight excluding hydrogens is 402 g/mol. The molecule has 1 aromatic heterocycles. The molecule has 1 aliphatic rings. The molecular formula is C26H21N3O3. The van der Waals surface area contributed by atoms with Crippen LogP contribution in [0.2, 0.25) is 0 Å². The molecule has 0 radical (unpaired) electrons. The number of carbonyl (C=O) groups excluding carboxylic acids is 2. The van der Waals surface area contributed by atoms with Crippen molar-refractivity contribution in [2.24, 2.45) is 0 Å². The standard InChI is InChI=1S/C26H21N3O3/c1-2-25(31)29-14-18(15-29)28-26(32)17-7-8-22-21(9-10-27-24(22)12-17)23-13-19(30)11-16-5-3-4-6-20(16)23/h2-13,18,30H,1,14-15H2,(H,28,32). The van der Waals surface area contributed by atoms with E-state index in [2.05, 4.69) is 16.9 Å². The van der Waals surface area contributed by atoms with Gasteiger partial charge >= 0.3 is 0 Å². The zero-order valence-corrected chi connectivity index (χ0v) is 17.3. The van der Waals surface area contributed by atoms with E-state index in [4.69, 9.17) is 0 Å². The molecule has 2 amide bonds. The summed E-state index contributed by atoms with van der Waals surface area (Å²) in [6.07, 6.45) is 2.99. The van der Waals surface area contributed by atoms with E-state index in [1.165, 1.54) is 6.08 Å². The maximum absolute atomic E-state index is 12.7. The Bertz CT molecular complexity index is 1390. The number of benzene rings is 3.